The number of hydrogen-bond acceptors (Lipinski definition) is 5. The average molecular weight is 383 g/mol. The van der Waals surface area contributed by atoms with Crippen molar-refractivity contribution in [3.63, 3.8) is 0 Å². The summed E-state index contributed by atoms with van der Waals surface area (Å²) in [5.41, 5.74) is 3.17. The molecule has 1 amide bonds. The van der Waals surface area contributed by atoms with E-state index in [2.05, 4.69) is 10.5 Å². The van der Waals surface area contributed by atoms with Crippen LogP contribution >= 0.6 is 0 Å². The van der Waals surface area contributed by atoms with Gasteiger partial charge >= 0.3 is 0 Å². The van der Waals surface area contributed by atoms with E-state index in [1.165, 1.54) is 48.1 Å². The Kier molecular flexibility index (Phi) is 5.37. The van der Waals surface area contributed by atoms with Crippen molar-refractivity contribution in [2.24, 2.45) is 5.10 Å². The molecule has 0 aliphatic heterocycles. The van der Waals surface area contributed by atoms with Crippen LogP contribution in [-0.2, 0) is 10.0 Å². The summed E-state index contributed by atoms with van der Waals surface area (Å²) < 4.78 is 31.5. The first kappa shape index (κ1) is 18.4. The molecule has 1 aromatic heterocycles. The largest absolute Gasteiger partial charge is 0.463 e. The van der Waals surface area contributed by atoms with Crippen LogP contribution in [0, 0.1) is 0 Å². The van der Waals surface area contributed by atoms with Crippen LogP contribution in [-0.4, -0.2) is 27.6 Å². The molecule has 27 heavy (non-hydrogen) atoms. The molecule has 7 nitrogen and oxygen atoms in total. The van der Waals surface area contributed by atoms with Crippen molar-refractivity contribution in [3.8, 4) is 0 Å². The van der Waals surface area contributed by atoms with E-state index in [-0.39, 0.29) is 4.90 Å². The van der Waals surface area contributed by atoms with E-state index in [1.54, 1.807) is 42.5 Å². The second-order valence-electron chi connectivity index (χ2n) is 5.55. The van der Waals surface area contributed by atoms with Crippen LogP contribution in [0.5, 0.6) is 0 Å². The lowest BCUT2D eigenvalue weighted by Crippen LogP contribution is -2.26. The summed E-state index contributed by atoms with van der Waals surface area (Å²) in [6.07, 6.45) is 2.88. The zero-order valence-electron chi connectivity index (χ0n) is 14.4. The van der Waals surface area contributed by atoms with Crippen LogP contribution in [0.15, 0.2) is 87.4 Å². The highest BCUT2D eigenvalue weighted by Crippen LogP contribution is 2.22. The van der Waals surface area contributed by atoms with E-state index >= 15 is 0 Å². The number of rotatable bonds is 6. The normalized spacial score (nSPS) is 11.4. The maximum Gasteiger partial charge on any atom is 0.271 e. The van der Waals surface area contributed by atoms with Crippen LogP contribution in [0.3, 0.4) is 0 Å². The molecule has 0 saturated heterocycles. The molecule has 2 aromatic carbocycles. The Balaban J connectivity index is 1.70. The van der Waals surface area contributed by atoms with Crippen LogP contribution in [0.25, 0.3) is 0 Å². The molecule has 0 spiro atoms. The molecule has 0 saturated carbocycles. The highest BCUT2D eigenvalue weighted by molar-refractivity contribution is 7.92. The topological polar surface area (TPSA) is 92.0 Å². The van der Waals surface area contributed by atoms with Crippen molar-refractivity contribution in [1.82, 2.24) is 5.43 Å². The number of benzene rings is 2. The van der Waals surface area contributed by atoms with E-state index < -0.39 is 15.9 Å². The number of carbonyl (C=O) groups is 1. The van der Waals surface area contributed by atoms with Gasteiger partial charge in [-0.15, -0.1) is 0 Å². The molecule has 3 rings (SSSR count). The Morgan fingerprint density at radius 3 is 2.37 bits per heavy atom. The van der Waals surface area contributed by atoms with Gasteiger partial charge in [0, 0.05) is 12.6 Å². The van der Waals surface area contributed by atoms with Crippen molar-refractivity contribution < 1.29 is 17.6 Å². The first-order valence-electron chi connectivity index (χ1n) is 7.99. The fourth-order valence-corrected chi connectivity index (χ4v) is 3.51. The highest BCUT2D eigenvalue weighted by atomic mass is 32.2. The molecule has 0 aliphatic carbocycles. The summed E-state index contributed by atoms with van der Waals surface area (Å²) >= 11 is 0. The van der Waals surface area contributed by atoms with E-state index in [0.717, 1.165) is 0 Å². The Labute approximate surface area is 157 Å². The molecule has 0 unspecified atom stereocenters. The molecule has 0 bridgehead atoms. The van der Waals surface area contributed by atoms with Crippen LogP contribution < -0.4 is 9.73 Å². The number of furan rings is 1. The van der Waals surface area contributed by atoms with Gasteiger partial charge in [0.1, 0.15) is 5.76 Å². The Hall–Kier alpha value is -3.39. The van der Waals surface area contributed by atoms with Gasteiger partial charge in [-0.1, -0.05) is 18.2 Å². The van der Waals surface area contributed by atoms with Gasteiger partial charge in [0.15, 0.2) is 0 Å². The first-order chi connectivity index (χ1) is 13.0. The van der Waals surface area contributed by atoms with Crippen LogP contribution in [0.1, 0.15) is 16.1 Å². The SMILES string of the molecule is CN(c1ccc(C(=O)NN=Cc2ccco2)cc1)S(=O)(=O)c1ccccc1. The third kappa shape index (κ3) is 4.24. The lowest BCUT2D eigenvalue weighted by Gasteiger charge is -2.19. The second kappa shape index (κ2) is 7.88. The van der Waals surface area contributed by atoms with E-state index in [1.807, 2.05) is 0 Å². The number of nitrogens with zero attached hydrogens (tertiary/aromatic N) is 2. The minimum atomic E-state index is -3.67. The monoisotopic (exact) mass is 383 g/mol. The van der Waals surface area contributed by atoms with Gasteiger partial charge < -0.3 is 4.42 Å². The van der Waals surface area contributed by atoms with Gasteiger partial charge in [-0.3, -0.25) is 9.10 Å². The third-order valence-corrected chi connectivity index (χ3v) is 5.60. The number of sulfonamides is 1. The van der Waals surface area contributed by atoms with Crippen molar-refractivity contribution >= 4 is 27.8 Å². The third-order valence-electron chi connectivity index (χ3n) is 3.80. The number of anilines is 1. The van der Waals surface area contributed by atoms with Crippen LogP contribution in [0.4, 0.5) is 5.69 Å². The van der Waals surface area contributed by atoms with E-state index in [4.69, 9.17) is 4.42 Å². The van der Waals surface area contributed by atoms with Gasteiger partial charge in [0.05, 0.1) is 23.1 Å². The molecule has 1 heterocycles. The van der Waals surface area contributed by atoms with Gasteiger partial charge in [-0.05, 0) is 48.5 Å². The summed E-state index contributed by atoms with van der Waals surface area (Å²) in [6.45, 7) is 0. The van der Waals surface area contributed by atoms with E-state index in [9.17, 15) is 13.2 Å². The predicted octanol–water partition coefficient (Wildman–Crippen LogP) is 2.87. The molecule has 0 radical (unpaired) electrons. The minimum absolute atomic E-state index is 0.196. The standard InChI is InChI=1S/C19H17N3O4S/c1-22(27(24,25)18-7-3-2-4-8-18)16-11-9-15(10-12-16)19(23)21-20-14-17-6-5-13-26-17/h2-14H,1H3,(H,21,23). The zero-order valence-corrected chi connectivity index (χ0v) is 15.3. The predicted molar refractivity (Wildman–Crippen MR) is 102 cm³/mol. The van der Waals surface area contributed by atoms with Gasteiger partial charge in [-0.25, -0.2) is 13.8 Å². The Bertz CT molecular complexity index is 1030. The molecule has 3 aromatic rings. The lowest BCUT2D eigenvalue weighted by molar-refractivity contribution is 0.0955. The maximum absolute atomic E-state index is 12.6. The fourth-order valence-electron chi connectivity index (χ4n) is 2.30. The lowest BCUT2D eigenvalue weighted by atomic mass is 10.2. The number of amides is 1. The molecular weight excluding hydrogens is 366 g/mol. The first-order valence-corrected chi connectivity index (χ1v) is 9.43. The summed E-state index contributed by atoms with van der Waals surface area (Å²) in [7, 11) is -2.20. The van der Waals surface area contributed by atoms with Gasteiger partial charge in [0.2, 0.25) is 0 Å². The number of nitrogens with one attached hydrogen (secondary N) is 1. The van der Waals surface area contributed by atoms with Gasteiger partial charge in [-0.2, -0.15) is 5.10 Å². The summed E-state index contributed by atoms with van der Waals surface area (Å²) in [5.74, 6) is 0.0938. The minimum Gasteiger partial charge on any atom is -0.463 e. The van der Waals surface area contributed by atoms with Crippen molar-refractivity contribution in [1.29, 1.82) is 0 Å². The molecule has 1 N–H and O–H groups in total. The molecule has 0 fully saturated rings. The van der Waals surface area contributed by atoms with Crippen molar-refractivity contribution in [2.75, 3.05) is 11.4 Å². The number of hydrogen-bond donors (Lipinski definition) is 1. The summed E-state index contributed by atoms with van der Waals surface area (Å²) in [6, 6.07) is 17.7. The van der Waals surface area contributed by atoms with E-state index in [0.29, 0.717) is 17.0 Å². The molecule has 138 valence electrons. The molecule has 0 aliphatic rings. The van der Waals surface area contributed by atoms with Crippen molar-refractivity contribution in [3.05, 3.63) is 84.3 Å². The second-order valence-corrected chi connectivity index (χ2v) is 7.52. The summed E-state index contributed by atoms with van der Waals surface area (Å²) in [4.78, 5) is 12.3. The zero-order chi connectivity index (χ0) is 19.3. The highest BCUT2D eigenvalue weighted by Gasteiger charge is 2.21. The fraction of sp³-hybridized carbons (Fsp3) is 0.0526. The Morgan fingerprint density at radius 1 is 1.04 bits per heavy atom. The van der Waals surface area contributed by atoms with Crippen LogP contribution in [0.2, 0.25) is 0 Å². The number of carbonyl (C=O) groups excluding carboxylic acids is 1. The van der Waals surface area contributed by atoms with Gasteiger partial charge in [0.25, 0.3) is 15.9 Å². The Morgan fingerprint density at radius 2 is 1.74 bits per heavy atom. The summed E-state index contributed by atoms with van der Waals surface area (Å²) in [5, 5.41) is 3.80. The van der Waals surface area contributed by atoms with Crippen molar-refractivity contribution in [2.45, 2.75) is 4.90 Å². The molecular formula is C19H17N3O4S. The number of hydrazone groups is 1. The quantitative estimate of drug-likeness (QED) is 0.523. The average Bonchev–Trinajstić information content (AvgIpc) is 3.21. The molecule has 8 heteroatoms. The smallest absolute Gasteiger partial charge is 0.271 e. The molecule has 0 atom stereocenters. The maximum atomic E-state index is 12.6.